The molecule has 4 nitrogen and oxygen atoms in total. The van der Waals surface area contributed by atoms with Crippen LogP contribution in [0.15, 0.2) is 23.0 Å². The highest BCUT2D eigenvalue weighted by atomic mass is 16.2. The third-order valence-corrected chi connectivity index (χ3v) is 3.44. The van der Waals surface area contributed by atoms with Crippen molar-refractivity contribution < 1.29 is 4.79 Å². The summed E-state index contributed by atoms with van der Waals surface area (Å²) >= 11 is 0. The zero-order chi connectivity index (χ0) is 12.3. The highest BCUT2D eigenvalue weighted by molar-refractivity contribution is 5.92. The maximum absolute atomic E-state index is 11.9. The normalized spacial score (nSPS) is 24.3. The molecule has 1 saturated carbocycles. The minimum atomic E-state index is -0.241. The summed E-state index contributed by atoms with van der Waals surface area (Å²) in [6.45, 7) is 2.16. The van der Waals surface area contributed by atoms with Crippen LogP contribution in [0.3, 0.4) is 0 Å². The van der Waals surface area contributed by atoms with Crippen LogP contribution in [0.1, 0.15) is 43.1 Å². The number of nitrogens with one attached hydrogen (secondary N) is 2. The van der Waals surface area contributed by atoms with E-state index in [0.717, 1.165) is 12.8 Å². The molecule has 0 bridgehead atoms. The summed E-state index contributed by atoms with van der Waals surface area (Å²) in [6.07, 6.45) is 4.61. The van der Waals surface area contributed by atoms with Gasteiger partial charge in [0.1, 0.15) is 5.69 Å². The number of H-pyrrole nitrogens is 1. The number of rotatable bonds is 2. The highest BCUT2D eigenvalue weighted by Gasteiger charge is 2.23. The Kier molecular flexibility index (Phi) is 3.61. The lowest BCUT2D eigenvalue weighted by atomic mass is 9.86. The Labute approximate surface area is 100 Å². The lowest BCUT2D eigenvalue weighted by Crippen LogP contribution is -2.41. The van der Waals surface area contributed by atoms with E-state index in [-0.39, 0.29) is 17.5 Å². The highest BCUT2D eigenvalue weighted by Crippen LogP contribution is 2.23. The van der Waals surface area contributed by atoms with E-state index in [0.29, 0.717) is 11.6 Å². The average molecular weight is 234 g/mol. The summed E-state index contributed by atoms with van der Waals surface area (Å²) in [7, 11) is 0. The van der Waals surface area contributed by atoms with Crippen LogP contribution in [0.5, 0.6) is 0 Å². The topological polar surface area (TPSA) is 62.0 Å². The SMILES string of the molecule is CC1CCCCC1NC(=O)c1cccc(=O)[nH]1. The van der Waals surface area contributed by atoms with E-state index in [1.165, 1.54) is 18.9 Å². The van der Waals surface area contributed by atoms with Crippen molar-refractivity contribution in [2.75, 3.05) is 0 Å². The number of amides is 1. The van der Waals surface area contributed by atoms with Gasteiger partial charge < -0.3 is 10.3 Å². The Hall–Kier alpha value is -1.58. The molecule has 0 aromatic carbocycles. The maximum Gasteiger partial charge on any atom is 0.268 e. The second kappa shape index (κ2) is 5.17. The minimum absolute atomic E-state index is 0.179. The molecule has 92 valence electrons. The predicted octanol–water partition coefficient (Wildman–Crippen LogP) is 1.68. The van der Waals surface area contributed by atoms with Gasteiger partial charge in [-0.1, -0.05) is 25.8 Å². The summed E-state index contributed by atoms with van der Waals surface area (Å²) < 4.78 is 0. The van der Waals surface area contributed by atoms with Crippen molar-refractivity contribution in [2.24, 2.45) is 5.92 Å². The number of pyridine rings is 1. The van der Waals surface area contributed by atoms with E-state index in [9.17, 15) is 9.59 Å². The molecule has 0 aliphatic heterocycles. The van der Waals surface area contributed by atoms with Gasteiger partial charge in [-0.25, -0.2) is 0 Å². The molecule has 1 amide bonds. The zero-order valence-corrected chi connectivity index (χ0v) is 10.0. The Bertz CT molecular complexity index is 453. The molecule has 1 heterocycles. The molecule has 2 atom stereocenters. The van der Waals surface area contributed by atoms with E-state index in [1.807, 2.05) is 0 Å². The van der Waals surface area contributed by atoms with Gasteiger partial charge in [-0.3, -0.25) is 9.59 Å². The lowest BCUT2D eigenvalue weighted by Gasteiger charge is -2.29. The summed E-state index contributed by atoms with van der Waals surface area (Å²) in [6, 6.07) is 4.86. The van der Waals surface area contributed by atoms with Gasteiger partial charge in [0.15, 0.2) is 0 Å². The first-order valence-corrected chi connectivity index (χ1v) is 6.17. The molecule has 1 fully saturated rings. The number of carbonyl (C=O) groups excluding carboxylic acids is 1. The standard InChI is InChI=1S/C13H18N2O2/c1-9-5-2-3-6-10(9)15-13(17)11-7-4-8-12(16)14-11/h4,7-10H,2-3,5-6H2,1H3,(H,14,16)(H,15,17). The molecule has 0 saturated heterocycles. The first-order valence-electron chi connectivity index (χ1n) is 6.17. The van der Waals surface area contributed by atoms with Gasteiger partial charge >= 0.3 is 0 Å². The number of aromatic nitrogens is 1. The fraction of sp³-hybridized carbons (Fsp3) is 0.538. The van der Waals surface area contributed by atoms with Crippen LogP contribution in [0.2, 0.25) is 0 Å². The third-order valence-electron chi connectivity index (χ3n) is 3.44. The zero-order valence-electron chi connectivity index (χ0n) is 10.0. The summed E-state index contributed by atoms with van der Waals surface area (Å²) in [5.74, 6) is 0.338. The molecule has 2 rings (SSSR count). The van der Waals surface area contributed by atoms with Crippen molar-refractivity contribution >= 4 is 5.91 Å². The first kappa shape index (κ1) is 11.9. The van der Waals surface area contributed by atoms with Gasteiger partial charge in [0.2, 0.25) is 5.56 Å². The lowest BCUT2D eigenvalue weighted by molar-refractivity contribution is 0.0905. The van der Waals surface area contributed by atoms with Gasteiger partial charge in [-0.05, 0) is 24.8 Å². The molecule has 17 heavy (non-hydrogen) atoms. The molecular weight excluding hydrogens is 216 g/mol. The molecule has 1 aliphatic rings. The van der Waals surface area contributed by atoms with Crippen LogP contribution >= 0.6 is 0 Å². The summed E-state index contributed by atoms with van der Waals surface area (Å²) in [5, 5.41) is 3.00. The average Bonchev–Trinajstić information content (AvgIpc) is 2.32. The Morgan fingerprint density at radius 3 is 2.82 bits per heavy atom. The number of aromatic amines is 1. The second-order valence-corrected chi connectivity index (χ2v) is 4.77. The predicted molar refractivity (Wildman–Crippen MR) is 65.9 cm³/mol. The molecule has 2 N–H and O–H groups in total. The van der Waals surface area contributed by atoms with Gasteiger partial charge in [0.05, 0.1) is 0 Å². The van der Waals surface area contributed by atoms with Crippen LogP contribution in [0.4, 0.5) is 0 Å². The summed E-state index contributed by atoms with van der Waals surface area (Å²) in [4.78, 5) is 25.6. The van der Waals surface area contributed by atoms with Crippen LogP contribution in [-0.4, -0.2) is 16.9 Å². The maximum atomic E-state index is 11.9. The quantitative estimate of drug-likeness (QED) is 0.818. The molecule has 1 aliphatic carbocycles. The monoisotopic (exact) mass is 234 g/mol. The van der Waals surface area contributed by atoms with E-state index in [1.54, 1.807) is 12.1 Å². The van der Waals surface area contributed by atoms with Crippen LogP contribution in [0, 0.1) is 5.92 Å². The van der Waals surface area contributed by atoms with Crippen LogP contribution in [0.25, 0.3) is 0 Å². The number of hydrogen-bond donors (Lipinski definition) is 2. The number of carbonyl (C=O) groups is 1. The van der Waals surface area contributed by atoms with E-state index < -0.39 is 0 Å². The Morgan fingerprint density at radius 2 is 2.12 bits per heavy atom. The summed E-state index contributed by atoms with van der Waals surface area (Å²) in [5.41, 5.74) is 0.101. The van der Waals surface area contributed by atoms with E-state index >= 15 is 0 Å². The molecule has 2 unspecified atom stereocenters. The fourth-order valence-electron chi connectivity index (χ4n) is 2.36. The van der Waals surface area contributed by atoms with Crippen molar-refractivity contribution in [2.45, 2.75) is 38.6 Å². The van der Waals surface area contributed by atoms with Crippen LogP contribution < -0.4 is 10.9 Å². The van der Waals surface area contributed by atoms with E-state index in [4.69, 9.17) is 0 Å². The Balaban J connectivity index is 2.03. The third kappa shape index (κ3) is 2.96. The largest absolute Gasteiger partial charge is 0.348 e. The van der Waals surface area contributed by atoms with Gasteiger partial charge in [0.25, 0.3) is 5.91 Å². The molecule has 1 aromatic rings. The van der Waals surface area contributed by atoms with Crippen LogP contribution in [-0.2, 0) is 0 Å². The molecule has 4 heteroatoms. The van der Waals surface area contributed by atoms with E-state index in [2.05, 4.69) is 17.2 Å². The second-order valence-electron chi connectivity index (χ2n) is 4.77. The van der Waals surface area contributed by atoms with Gasteiger partial charge in [-0.15, -0.1) is 0 Å². The minimum Gasteiger partial charge on any atom is -0.348 e. The van der Waals surface area contributed by atoms with Gasteiger partial charge in [0, 0.05) is 12.1 Å². The Morgan fingerprint density at radius 1 is 1.35 bits per heavy atom. The molecule has 1 aromatic heterocycles. The van der Waals surface area contributed by atoms with Crippen molar-refractivity contribution in [3.05, 3.63) is 34.2 Å². The van der Waals surface area contributed by atoms with Gasteiger partial charge in [-0.2, -0.15) is 0 Å². The van der Waals surface area contributed by atoms with Crippen molar-refractivity contribution in [1.29, 1.82) is 0 Å². The molecule has 0 spiro atoms. The van der Waals surface area contributed by atoms with Crippen molar-refractivity contribution in [3.63, 3.8) is 0 Å². The number of hydrogen-bond acceptors (Lipinski definition) is 2. The smallest absolute Gasteiger partial charge is 0.268 e. The molecular formula is C13H18N2O2. The fourth-order valence-corrected chi connectivity index (χ4v) is 2.36. The molecule has 0 radical (unpaired) electrons. The first-order chi connectivity index (χ1) is 8.16. The van der Waals surface area contributed by atoms with Crippen molar-refractivity contribution in [1.82, 2.24) is 10.3 Å². The van der Waals surface area contributed by atoms with Crippen molar-refractivity contribution in [3.8, 4) is 0 Å².